The lowest BCUT2D eigenvalue weighted by molar-refractivity contribution is -0.147. The molecular formula is C19H19NO4. The number of likely N-dealkylation sites (tertiary alicyclic amines) is 1. The van der Waals surface area contributed by atoms with E-state index in [4.69, 9.17) is 4.74 Å². The van der Waals surface area contributed by atoms with Crippen LogP contribution in [0.15, 0.2) is 54.6 Å². The summed E-state index contributed by atoms with van der Waals surface area (Å²) in [6.07, 6.45) is 0.454. The Kier molecular flexibility index (Phi) is 4.25. The quantitative estimate of drug-likeness (QED) is 0.935. The Morgan fingerprint density at radius 1 is 1.08 bits per heavy atom. The predicted molar refractivity (Wildman–Crippen MR) is 89.2 cm³/mol. The van der Waals surface area contributed by atoms with Crippen molar-refractivity contribution >= 4 is 11.9 Å². The highest BCUT2D eigenvalue weighted by molar-refractivity contribution is 5.97. The highest BCUT2D eigenvalue weighted by Gasteiger charge is 2.42. The van der Waals surface area contributed by atoms with Gasteiger partial charge in [-0.1, -0.05) is 30.3 Å². The fourth-order valence-electron chi connectivity index (χ4n) is 2.83. The van der Waals surface area contributed by atoms with E-state index in [0.29, 0.717) is 30.0 Å². The molecule has 1 heterocycles. The van der Waals surface area contributed by atoms with E-state index >= 15 is 0 Å². The number of benzene rings is 2. The zero-order valence-corrected chi connectivity index (χ0v) is 13.4. The van der Waals surface area contributed by atoms with Crippen LogP contribution in [0.25, 0.3) is 0 Å². The van der Waals surface area contributed by atoms with Gasteiger partial charge in [0.15, 0.2) is 0 Å². The van der Waals surface area contributed by atoms with Crippen LogP contribution in [0.1, 0.15) is 23.7 Å². The number of hydrogen-bond acceptors (Lipinski definition) is 3. The Morgan fingerprint density at radius 3 is 2.42 bits per heavy atom. The SMILES string of the molecule is CC1(C(=O)O)CCN(C(=O)c2ccccc2Oc2ccccc2)C1. The number of carbonyl (C=O) groups excluding carboxylic acids is 1. The van der Waals surface area contributed by atoms with Crippen molar-refractivity contribution in [3.05, 3.63) is 60.2 Å². The Hall–Kier alpha value is -2.82. The first-order valence-electron chi connectivity index (χ1n) is 7.84. The van der Waals surface area contributed by atoms with Gasteiger partial charge in [-0.3, -0.25) is 9.59 Å². The third-order valence-electron chi connectivity index (χ3n) is 4.37. The second-order valence-electron chi connectivity index (χ2n) is 6.25. The first-order chi connectivity index (χ1) is 11.5. The molecule has 1 saturated heterocycles. The number of carboxylic acids is 1. The van der Waals surface area contributed by atoms with E-state index in [0.717, 1.165) is 0 Å². The smallest absolute Gasteiger partial charge is 0.311 e. The lowest BCUT2D eigenvalue weighted by Gasteiger charge is -2.21. The molecule has 1 atom stereocenters. The van der Waals surface area contributed by atoms with Crippen molar-refractivity contribution in [3.63, 3.8) is 0 Å². The molecule has 0 aromatic heterocycles. The van der Waals surface area contributed by atoms with Crippen LogP contribution in [0.5, 0.6) is 11.5 Å². The van der Waals surface area contributed by atoms with Crippen molar-refractivity contribution < 1.29 is 19.4 Å². The van der Waals surface area contributed by atoms with Gasteiger partial charge in [-0.15, -0.1) is 0 Å². The molecule has 0 bridgehead atoms. The summed E-state index contributed by atoms with van der Waals surface area (Å²) in [6, 6.07) is 16.3. The summed E-state index contributed by atoms with van der Waals surface area (Å²) in [5.74, 6) is 0.0466. The van der Waals surface area contributed by atoms with E-state index in [1.165, 1.54) is 0 Å². The Morgan fingerprint density at radius 2 is 1.75 bits per heavy atom. The van der Waals surface area contributed by atoms with Crippen molar-refractivity contribution in [2.24, 2.45) is 5.41 Å². The first-order valence-corrected chi connectivity index (χ1v) is 7.84. The molecule has 3 rings (SSSR count). The van der Waals surface area contributed by atoms with E-state index in [-0.39, 0.29) is 12.5 Å². The van der Waals surface area contributed by atoms with Crippen LogP contribution in [0.4, 0.5) is 0 Å². The maximum Gasteiger partial charge on any atom is 0.311 e. The number of carbonyl (C=O) groups is 2. The lowest BCUT2D eigenvalue weighted by atomic mass is 9.90. The summed E-state index contributed by atoms with van der Waals surface area (Å²) in [7, 11) is 0. The molecule has 1 fully saturated rings. The number of nitrogens with zero attached hydrogens (tertiary/aromatic N) is 1. The zero-order chi connectivity index (χ0) is 17.2. The van der Waals surface area contributed by atoms with Gasteiger partial charge < -0.3 is 14.7 Å². The number of carboxylic acid groups (broad SMARTS) is 1. The summed E-state index contributed by atoms with van der Waals surface area (Å²) in [5.41, 5.74) is -0.443. The van der Waals surface area contributed by atoms with Gasteiger partial charge in [0.25, 0.3) is 5.91 Å². The first kappa shape index (κ1) is 16.1. The maximum absolute atomic E-state index is 12.8. The van der Waals surface area contributed by atoms with Crippen molar-refractivity contribution in [1.82, 2.24) is 4.90 Å². The molecule has 1 aliphatic rings. The molecule has 1 aliphatic heterocycles. The predicted octanol–water partition coefficient (Wildman–Crippen LogP) is 3.42. The van der Waals surface area contributed by atoms with Crippen LogP contribution in [0, 0.1) is 5.41 Å². The molecule has 0 radical (unpaired) electrons. The second-order valence-corrected chi connectivity index (χ2v) is 6.25. The lowest BCUT2D eigenvalue weighted by Crippen LogP contribution is -2.35. The molecule has 2 aromatic carbocycles. The van der Waals surface area contributed by atoms with Crippen LogP contribution < -0.4 is 4.74 Å². The van der Waals surface area contributed by atoms with Crippen molar-refractivity contribution in [3.8, 4) is 11.5 Å². The molecule has 0 aliphatic carbocycles. The van der Waals surface area contributed by atoms with Crippen LogP contribution in [-0.4, -0.2) is 35.0 Å². The number of para-hydroxylation sites is 2. The van der Waals surface area contributed by atoms with Gasteiger partial charge in [0, 0.05) is 13.1 Å². The molecule has 0 spiro atoms. The fraction of sp³-hybridized carbons (Fsp3) is 0.263. The van der Waals surface area contributed by atoms with Gasteiger partial charge in [0.05, 0.1) is 11.0 Å². The second kappa shape index (κ2) is 6.35. The van der Waals surface area contributed by atoms with Gasteiger partial charge in [-0.2, -0.15) is 0 Å². The van der Waals surface area contributed by atoms with Crippen LogP contribution >= 0.6 is 0 Å². The minimum Gasteiger partial charge on any atom is -0.481 e. The van der Waals surface area contributed by atoms with Crippen molar-refractivity contribution in [1.29, 1.82) is 0 Å². The zero-order valence-electron chi connectivity index (χ0n) is 13.4. The number of ether oxygens (including phenoxy) is 1. The highest BCUT2D eigenvalue weighted by Crippen LogP contribution is 2.33. The minimum atomic E-state index is -0.884. The standard InChI is InChI=1S/C19H19NO4/c1-19(18(22)23)11-12-20(13-19)17(21)15-9-5-6-10-16(15)24-14-7-3-2-4-8-14/h2-10H,11-13H2,1H3,(H,22,23). The van der Waals surface area contributed by atoms with Gasteiger partial charge in [0.1, 0.15) is 11.5 Å². The van der Waals surface area contributed by atoms with Crippen LogP contribution in [-0.2, 0) is 4.79 Å². The van der Waals surface area contributed by atoms with E-state index in [2.05, 4.69) is 0 Å². The summed E-state index contributed by atoms with van der Waals surface area (Å²) < 4.78 is 5.83. The van der Waals surface area contributed by atoms with Crippen LogP contribution in [0.2, 0.25) is 0 Å². The molecule has 5 heteroatoms. The Balaban J connectivity index is 1.82. The van der Waals surface area contributed by atoms with E-state index < -0.39 is 11.4 Å². The molecule has 1 N–H and O–H groups in total. The topological polar surface area (TPSA) is 66.8 Å². The molecule has 24 heavy (non-hydrogen) atoms. The molecule has 1 amide bonds. The van der Waals surface area contributed by atoms with Gasteiger partial charge in [-0.25, -0.2) is 0 Å². The van der Waals surface area contributed by atoms with E-state index in [9.17, 15) is 14.7 Å². The summed E-state index contributed by atoms with van der Waals surface area (Å²) >= 11 is 0. The molecule has 1 unspecified atom stereocenters. The van der Waals surface area contributed by atoms with Crippen LogP contribution in [0.3, 0.4) is 0 Å². The van der Waals surface area contributed by atoms with E-state index in [1.54, 1.807) is 36.1 Å². The number of rotatable bonds is 4. The largest absolute Gasteiger partial charge is 0.481 e. The third kappa shape index (κ3) is 3.11. The third-order valence-corrected chi connectivity index (χ3v) is 4.37. The number of aliphatic carboxylic acids is 1. The fourth-order valence-corrected chi connectivity index (χ4v) is 2.83. The molecule has 2 aromatic rings. The monoisotopic (exact) mass is 325 g/mol. The molecular weight excluding hydrogens is 306 g/mol. The average Bonchev–Trinajstić information content (AvgIpc) is 3.00. The van der Waals surface area contributed by atoms with Gasteiger partial charge in [-0.05, 0) is 37.6 Å². The van der Waals surface area contributed by atoms with Gasteiger partial charge >= 0.3 is 5.97 Å². The van der Waals surface area contributed by atoms with E-state index in [1.807, 2.05) is 30.3 Å². The molecule has 0 saturated carbocycles. The average molecular weight is 325 g/mol. The Labute approximate surface area is 140 Å². The summed E-state index contributed by atoms with van der Waals surface area (Å²) in [4.78, 5) is 25.8. The maximum atomic E-state index is 12.8. The number of amides is 1. The summed E-state index contributed by atoms with van der Waals surface area (Å²) in [6.45, 7) is 2.32. The van der Waals surface area contributed by atoms with Crippen molar-refractivity contribution in [2.45, 2.75) is 13.3 Å². The molecule has 5 nitrogen and oxygen atoms in total. The normalized spacial score (nSPS) is 20.0. The Bertz CT molecular complexity index is 759. The summed E-state index contributed by atoms with van der Waals surface area (Å²) in [5, 5.41) is 9.33. The molecule has 124 valence electrons. The van der Waals surface area contributed by atoms with Crippen molar-refractivity contribution in [2.75, 3.05) is 13.1 Å². The minimum absolute atomic E-state index is 0.202. The number of hydrogen-bond donors (Lipinski definition) is 1. The highest BCUT2D eigenvalue weighted by atomic mass is 16.5. The van der Waals surface area contributed by atoms with Gasteiger partial charge in [0.2, 0.25) is 0 Å².